The molecule has 1 amide bonds. The molecule has 5 nitrogen and oxygen atoms in total. The molecule has 1 aliphatic heterocycles. The second-order valence-corrected chi connectivity index (χ2v) is 7.85. The summed E-state index contributed by atoms with van der Waals surface area (Å²) in [5.74, 6) is -0.238. The van der Waals surface area contributed by atoms with Crippen molar-refractivity contribution in [3.63, 3.8) is 0 Å². The van der Waals surface area contributed by atoms with Crippen LogP contribution in [0.1, 0.15) is 12.5 Å². The molecular weight excluding hydrogens is 356 g/mol. The quantitative estimate of drug-likeness (QED) is 0.772. The van der Waals surface area contributed by atoms with Crippen LogP contribution < -0.4 is 0 Å². The van der Waals surface area contributed by atoms with Crippen LogP contribution in [-0.4, -0.2) is 30.9 Å². The van der Waals surface area contributed by atoms with Gasteiger partial charge in [0.15, 0.2) is 5.17 Å². The Morgan fingerprint density at radius 1 is 1.04 bits per heavy atom. The van der Waals surface area contributed by atoms with Crippen molar-refractivity contribution in [1.29, 1.82) is 0 Å². The van der Waals surface area contributed by atoms with Gasteiger partial charge in [-0.05, 0) is 42.5 Å². The molecule has 2 aromatic rings. The zero-order valence-corrected chi connectivity index (χ0v) is 15.1. The Balaban J connectivity index is 1.97. The molecule has 2 aromatic carbocycles. The van der Waals surface area contributed by atoms with E-state index in [2.05, 4.69) is 4.40 Å². The molecule has 0 spiro atoms. The minimum absolute atomic E-state index is 0.104. The molecule has 0 unspecified atom stereocenters. The van der Waals surface area contributed by atoms with E-state index in [1.807, 2.05) is 30.3 Å². The predicted molar refractivity (Wildman–Crippen MR) is 100 cm³/mol. The molecule has 7 heteroatoms. The number of benzene rings is 2. The Bertz CT molecular complexity index is 937. The van der Waals surface area contributed by atoms with Gasteiger partial charge in [-0.25, -0.2) is 0 Å². The largest absolute Gasteiger partial charge is 0.286 e. The summed E-state index contributed by atoms with van der Waals surface area (Å²) in [4.78, 5) is 14.5. The normalized spacial score (nSPS) is 18.3. The van der Waals surface area contributed by atoms with Crippen LogP contribution in [0.5, 0.6) is 0 Å². The van der Waals surface area contributed by atoms with E-state index in [0.29, 0.717) is 11.4 Å². The lowest BCUT2D eigenvalue weighted by Crippen LogP contribution is -2.29. The Kier molecular flexibility index (Phi) is 5.06. The van der Waals surface area contributed by atoms with Gasteiger partial charge >= 0.3 is 0 Å². The summed E-state index contributed by atoms with van der Waals surface area (Å²) in [5.41, 5.74) is 0.876. The maximum absolute atomic E-state index is 12.5. The smallest absolute Gasteiger partial charge is 0.284 e. The number of sulfonamides is 1. The van der Waals surface area contributed by atoms with E-state index in [9.17, 15) is 13.2 Å². The average molecular weight is 372 g/mol. The summed E-state index contributed by atoms with van der Waals surface area (Å²) >= 11 is 1.08. The number of carbonyl (C=O) groups excluding carboxylic acids is 1. The molecular formula is C18H16N2O3S2. The summed E-state index contributed by atoms with van der Waals surface area (Å²) in [6.45, 7) is 2.13. The van der Waals surface area contributed by atoms with E-state index in [0.717, 1.165) is 17.3 Å². The second-order valence-electron chi connectivity index (χ2n) is 5.23. The van der Waals surface area contributed by atoms with Gasteiger partial charge in [-0.1, -0.05) is 48.5 Å². The van der Waals surface area contributed by atoms with Crippen LogP contribution in [0, 0.1) is 0 Å². The van der Waals surface area contributed by atoms with Gasteiger partial charge in [0.25, 0.3) is 15.9 Å². The van der Waals surface area contributed by atoms with E-state index in [4.69, 9.17) is 0 Å². The van der Waals surface area contributed by atoms with Crippen molar-refractivity contribution < 1.29 is 13.2 Å². The molecule has 0 saturated carbocycles. The van der Waals surface area contributed by atoms with Gasteiger partial charge in [0, 0.05) is 6.54 Å². The fourth-order valence-electron chi connectivity index (χ4n) is 2.30. The molecule has 0 aromatic heterocycles. The van der Waals surface area contributed by atoms with Gasteiger partial charge in [0.05, 0.1) is 9.80 Å². The number of amidine groups is 1. The fourth-order valence-corrected chi connectivity index (χ4v) is 4.57. The molecule has 0 aliphatic carbocycles. The highest BCUT2D eigenvalue weighted by molar-refractivity contribution is 8.19. The molecule has 1 aliphatic rings. The number of hydrogen-bond acceptors (Lipinski definition) is 4. The standard InChI is InChI=1S/C18H16N2O3S2/c1-2-20-17(21)16(13-14-9-5-3-6-10-14)24-18(20)19-25(22,23)15-11-7-4-8-12-15/h3-13H,2H2,1H3/b16-13-,19-18-. The van der Waals surface area contributed by atoms with Crippen LogP contribution in [0.15, 0.2) is 74.9 Å². The second kappa shape index (κ2) is 7.25. The van der Waals surface area contributed by atoms with Crippen molar-refractivity contribution in [3.05, 3.63) is 71.1 Å². The van der Waals surface area contributed by atoms with E-state index in [1.165, 1.54) is 17.0 Å². The fraction of sp³-hybridized carbons (Fsp3) is 0.111. The average Bonchev–Trinajstić information content (AvgIpc) is 2.90. The van der Waals surface area contributed by atoms with Crippen molar-refractivity contribution in [2.24, 2.45) is 4.40 Å². The highest BCUT2D eigenvalue weighted by Gasteiger charge is 2.33. The molecule has 1 heterocycles. The summed E-state index contributed by atoms with van der Waals surface area (Å²) < 4.78 is 28.8. The van der Waals surface area contributed by atoms with Gasteiger partial charge in [0.1, 0.15) is 0 Å². The summed E-state index contributed by atoms with van der Waals surface area (Å²) in [5, 5.41) is 0.179. The van der Waals surface area contributed by atoms with Crippen LogP contribution in [0.3, 0.4) is 0 Å². The lowest BCUT2D eigenvalue weighted by Gasteiger charge is -2.11. The summed E-state index contributed by atoms with van der Waals surface area (Å²) in [6.07, 6.45) is 1.74. The van der Waals surface area contributed by atoms with E-state index >= 15 is 0 Å². The first kappa shape index (κ1) is 17.4. The summed E-state index contributed by atoms with van der Waals surface area (Å²) in [7, 11) is -3.86. The van der Waals surface area contributed by atoms with Crippen molar-refractivity contribution in [2.75, 3.05) is 6.54 Å². The molecule has 0 radical (unpaired) electrons. The third-order valence-corrected chi connectivity index (χ3v) is 5.94. The maximum atomic E-state index is 12.5. The molecule has 25 heavy (non-hydrogen) atoms. The van der Waals surface area contributed by atoms with Gasteiger partial charge < -0.3 is 0 Å². The number of likely N-dealkylation sites (N-methyl/N-ethyl adjacent to an activating group) is 1. The van der Waals surface area contributed by atoms with Crippen LogP contribution in [0.25, 0.3) is 6.08 Å². The van der Waals surface area contributed by atoms with Gasteiger partial charge in [0.2, 0.25) is 0 Å². The monoisotopic (exact) mass is 372 g/mol. The van der Waals surface area contributed by atoms with Crippen LogP contribution in [0.4, 0.5) is 0 Å². The Morgan fingerprint density at radius 3 is 2.24 bits per heavy atom. The summed E-state index contributed by atoms with van der Waals surface area (Å²) in [6, 6.07) is 17.4. The van der Waals surface area contributed by atoms with Crippen LogP contribution >= 0.6 is 11.8 Å². The number of thioether (sulfide) groups is 1. The molecule has 0 atom stereocenters. The molecule has 3 rings (SSSR count). The van der Waals surface area contributed by atoms with E-state index in [-0.39, 0.29) is 16.0 Å². The molecule has 1 saturated heterocycles. The third kappa shape index (κ3) is 3.83. The number of hydrogen-bond donors (Lipinski definition) is 0. The zero-order valence-electron chi connectivity index (χ0n) is 13.5. The van der Waals surface area contributed by atoms with Crippen molar-refractivity contribution in [2.45, 2.75) is 11.8 Å². The van der Waals surface area contributed by atoms with Crippen molar-refractivity contribution in [3.8, 4) is 0 Å². The lowest BCUT2D eigenvalue weighted by molar-refractivity contribution is -0.122. The molecule has 128 valence electrons. The number of nitrogens with zero attached hydrogens (tertiary/aromatic N) is 2. The minimum atomic E-state index is -3.86. The number of carbonyl (C=O) groups is 1. The number of rotatable bonds is 4. The SMILES string of the molecule is CCN1C(=O)/C(=C/c2ccccc2)S/C1=N\S(=O)(=O)c1ccccc1. The van der Waals surface area contributed by atoms with Crippen molar-refractivity contribution >= 4 is 38.9 Å². The first-order valence-corrected chi connectivity index (χ1v) is 9.93. The van der Waals surface area contributed by atoms with Gasteiger partial charge in [-0.2, -0.15) is 8.42 Å². The third-order valence-electron chi connectivity index (χ3n) is 3.54. The molecule has 0 N–H and O–H groups in total. The maximum Gasteiger partial charge on any atom is 0.284 e. The minimum Gasteiger partial charge on any atom is -0.286 e. The Labute approximate surface area is 151 Å². The van der Waals surface area contributed by atoms with E-state index < -0.39 is 10.0 Å². The van der Waals surface area contributed by atoms with Crippen LogP contribution in [0.2, 0.25) is 0 Å². The van der Waals surface area contributed by atoms with Crippen LogP contribution in [-0.2, 0) is 14.8 Å². The number of amides is 1. The van der Waals surface area contributed by atoms with Gasteiger partial charge in [-0.15, -0.1) is 4.40 Å². The lowest BCUT2D eigenvalue weighted by atomic mass is 10.2. The predicted octanol–water partition coefficient (Wildman–Crippen LogP) is 3.37. The van der Waals surface area contributed by atoms with Gasteiger partial charge in [-0.3, -0.25) is 9.69 Å². The highest BCUT2D eigenvalue weighted by Crippen LogP contribution is 2.33. The zero-order chi connectivity index (χ0) is 17.9. The molecule has 1 fully saturated rings. The molecule has 0 bridgehead atoms. The highest BCUT2D eigenvalue weighted by atomic mass is 32.2. The Hall–Kier alpha value is -2.38. The first-order chi connectivity index (χ1) is 12.0. The topological polar surface area (TPSA) is 66.8 Å². The first-order valence-electron chi connectivity index (χ1n) is 7.68. The Morgan fingerprint density at radius 2 is 1.64 bits per heavy atom. The van der Waals surface area contributed by atoms with E-state index in [1.54, 1.807) is 31.2 Å². The van der Waals surface area contributed by atoms with Crippen molar-refractivity contribution in [1.82, 2.24) is 4.90 Å².